The molecule has 0 spiro atoms. The van der Waals surface area contributed by atoms with Gasteiger partial charge in [-0.1, -0.05) is 27.5 Å². The van der Waals surface area contributed by atoms with Crippen LogP contribution in [0, 0.1) is 0 Å². The second kappa shape index (κ2) is 9.64. The second-order valence-corrected chi connectivity index (χ2v) is 7.48. The summed E-state index contributed by atoms with van der Waals surface area (Å²) in [5.41, 5.74) is 0. The minimum absolute atomic E-state index is 0.0194. The third kappa shape index (κ3) is 6.88. The molecule has 2 rings (SSSR count). The van der Waals surface area contributed by atoms with E-state index in [0.717, 1.165) is 9.37 Å². The lowest BCUT2D eigenvalue weighted by Crippen LogP contribution is -2.50. The number of carbonyl (C=O) groups excluding carboxylic acids is 2. The van der Waals surface area contributed by atoms with E-state index < -0.39 is 12.1 Å². The smallest absolute Gasteiger partial charge is 0.471 e. The molecule has 27 heavy (non-hydrogen) atoms. The van der Waals surface area contributed by atoms with E-state index in [1.807, 2.05) is 0 Å². The largest absolute Gasteiger partial charge is 0.492 e. The third-order valence-electron chi connectivity index (χ3n) is 4.09. The molecule has 1 fully saturated rings. The van der Waals surface area contributed by atoms with Crippen LogP contribution in [0.5, 0.6) is 5.75 Å². The molecule has 0 aromatic heterocycles. The van der Waals surface area contributed by atoms with E-state index in [2.05, 4.69) is 21.2 Å². The zero-order chi connectivity index (χ0) is 20.0. The molecule has 1 heterocycles. The van der Waals surface area contributed by atoms with E-state index in [-0.39, 0.29) is 31.5 Å². The first-order valence-electron chi connectivity index (χ1n) is 8.40. The highest BCUT2D eigenvalue weighted by atomic mass is 79.9. The molecular weight excluding hydrogens is 453 g/mol. The first kappa shape index (κ1) is 21.8. The lowest BCUT2D eigenvalue weighted by Gasteiger charge is -2.32. The molecule has 150 valence electrons. The number of carbonyl (C=O) groups is 2. The monoisotopic (exact) mass is 470 g/mol. The van der Waals surface area contributed by atoms with Crippen LogP contribution in [0.1, 0.15) is 25.7 Å². The summed E-state index contributed by atoms with van der Waals surface area (Å²) in [6.07, 6.45) is -3.54. The van der Waals surface area contributed by atoms with Crippen LogP contribution in [0.25, 0.3) is 0 Å². The van der Waals surface area contributed by atoms with Crippen molar-refractivity contribution in [1.82, 2.24) is 10.2 Å². The molecule has 1 saturated heterocycles. The van der Waals surface area contributed by atoms with Gasteiger partial charge in [0.25, 0.3) is 0 Å². The molecule has 0 unspecified atom stereocenters. The minimum atomic E-state index is -4.85. The quantitative estimate of drug-likeness (QED) is 0.640. The Morgan fingerprint density at radius 3 is 2.56 bits per heavy atom. The number of alkyl halides is 3. The van der Waals surface area contributed by atoms with Gasteiger partial charge in [0.2, 0.25) is 5.91 Å². The average molecular weight is 472 g/mol. The standard InChI is InChI=1S/C17H19BrClF3N2O3/c18-11-3-4-14(13(19)10-11)27-9-1-2-15(25)23-12-5-7-24(8-6-12)16(26)17(20,21)22/h3-4,10,12H,1-2,5-9H2,(H,23,25). The highest BCUT2D eigenvalue weighted by Crippen LogP contribution is 2.27. The van der Waals surface area contributed by atoms with Crippen molar-refractivity contribution in [2.24, 2.45) is 0 Å². The number of nitrogens with zero attached hydrogens (tertiary/aromatic N) is 1. The molecule has 10 heteroatoms. The summed E-state index contributed by atoms with van der Waals surface area (Å²) in [5, 5.41) is 3.26. The Bertz CT molecular complexity index is 680. The van der Waals surface area contributed by atoms with Gasteiger partial charge >= 0.3 is 12.1 Å². The van der Waals surface area contributed by atoms with Gasteiger partial charge in [-0.05, 0) is 37.5 Å². The molecule has 0 aliphatic carbocycles. The first-order chi connectivity index (χ1) is 12.7. The summed E-state index contributed by atoms with van der Waals surface area (Å²) >= 11 is 9.32. The molecule has 1 aromatic carbocycles. The molecule has 1 aliphatic rings. The van der Waals surface area contributed by atoms with Crippen molar-refractivity contribution in [1.29, 1.82) is 0 Å². The Morgan fingerprint density at radius 2 is 1.96 bits per heavy atom. The van der Waals surface area contributed by atoms with Crippen LogP contribution in [0.15, 0.2) is 22.7 Å². The van der Waals surface area contributed by atoms with E-state index >= 15 is 0 Å². The van der Waals surface area contributed by atoms with Gasteiger partial charge < -0.3 is 15.0 Å². The second-order valence-electron chi connectivity index (χ2n) is 6.16. The summed E-state index contributed by atoms with van der Waals surface area (Å²) in [6.45, 7) is 0.274. The molecule has 1 N–H and O–H groups in total. The molecule has 1 aliphatic heterocycles. The van der Waals surface area contributed by atoms with Crippen molar-refractivity contribution in [2.45, 2.75) is 37.9 Å². The first-order valence-corrected chi connectivity index (χ1v) is 9.57. The molecular formula is C17H19BrClF3N2O3. The van der Waals surface area contributed by atoms with E-state index in [1.165, 1.54) is 0 Å². The maximum absolute atomic E-state index is 12.4. The number of piperidine rings is 1. The zero-order valence-corrected chi connectivity index (χ0v) is 16.7. The number of ether oxygens (including phenoxy) is 1. The van der Waals surface area contributed by atoms with Gasteiger partial charge in [-0.15, -0.1) is 0 Å². The molecule has 0 atom stereocenters. The number of amides is 2. The van der Waals surface area contributed by atoms with Crippen LogP contribution in [-0.4, -0.2) is 48.6 Å². The van der Waals surface area contributed by atoms with Crippen LogP contribution in [0.2, 0.25) is 5.02 Å². The number of nitrogens with one attached hydrogen (secondary N) is 1. The summed E-state index contributed by atoms with van der Waals surface area (Å²) < 4.78 is 43.5. The number of halogens is 5. The van der Waals surface area contributed by atoms with Crippen LogP contribution in [-0.2, 0) is 9.59 Å². The predicted octanol–water partition coefficient (Wildman–Crippen LogP) is 3.93. The summed E-state index contributed by atoms with van der Waals surface area (Å²) in [6, 6.07) is 5.00. The fourth-order valence-electron chi connectivity index (χ4n) is 2.71. The van der Waals surface area contributed by atoms with E-state index in [0.29, 0.717) is 36.6 Å². The van der Waals surface area contributed by atoms with Gasteiger partial charge in [0.1, 0.15) is 5.75 Å². The van der Waals surface area contributed by atoms with E-state index in [1.54, 1.807) is 18.2 Å². The zero-order valence-electron chi connectivity index (χ0n) is 14.3. The Morgan fingerprint density at radius 1 is 1.30 bits per heavy atom. The van der Waals surface area contributed by atoms with Gasteiger partial charge in [0.05, 0.1) is 11.6 Å². The summed E-state index contributed by atoms with van der Waals surface area (Å²) in [5.74, 6) is -1.49. The lowest BCUT2D eigenvalue weighted by molar-refractivity contribution is -0.186. The molecule has 5 nitrogen and oxygen atoms in total. The van der Waals surface area contributed by atoms with E-state index in [9.17, 15) is 22.8 Å². The van der Waals surface area contributed by atoms with Crippen LogP contribution >= 0.6 is 27.5 Å². The molecule has 0 saturated carbocycles. The number of hydrogen-bond donors (Lipinski definition) is 1. The predicted molar refractivity (Wildman–Crippen MR) is 97.7 cm³/mol. The SMILES string of the molecule is O=C(CCCOc1ccc(Br)cc1Cl)NC1CCN(C(=O)C(F)(F)F)CC1. The Labute approximate surface area is 168 Å². The lowest BCUT2D eigenvalue weighted by atomic mass is 10.0. The van der Waals surface area contributed by atoms with Gasteiger partial charge in [-0.2, -0.15) is 13.2 Å². The fraction of sp³-hybridized carbons (Fsp3) is 0.529. The molecule has 2 amide bonds. The van der Waals surface area contributed by atoms with Gasteiger partial charge in [0.15, 0.2) is 0 Å². The van der Waals surface area contributed by atoms with Crippen LogP contribution < -0.4 is 10.1 Å². The number of benzene rings is 1. The molecule has 0 radical (unpaired) electrons. The van der Waals surface area contributed by atoms with Crippen molar-refractivity contribution in [3.05, 3.63) is 27.7 Å². The number of likely N-dealkylation sites (tertiary alicyclic amines) is 1. The topological polar surface area (TPSA) is 58.6 Å². The van der Waals surface area contributed by atoms with Crippen LogP contribution in [0.3, 0.4) is 0 Å². The molecule has 1 aromatic rings. The van der Waals surface area contributed by atoms with Crippen molar-refractivity contribution in [3.8, 4) is 5.75 Å². The number of rotatable bonds is 6. The van der Waals surface area contributed by atoms with Crippen molar-refractivity contribution in [3.63, 3.8) is 0 Å². The van der Waals surface area contributed by atoms with Gasteiger partial charge in [0, 0.05) is 30.0 Å². The van der Waals surface area contributed by atoms with Crippen molar-refractivity contribution in [2.75, 3.05) is 19.7 Å². The van der Waals surface area contributed by atoms with Crippen molar-refractivity contribution < 1.29 is 27.5 Å². The minimum Gasteiger partial charge on any atom is -0.492 e. The average Bonchev–Trinajstić information content (AvgIpc) is 2.59. The normalized spacial score (nSPS) is 15.5. The van der Waals surface area contributed by atoms with Crippen molar-refractivity contribution >= 4 is 39.3 Å². The summed E-state index contributed by atoms with van der Waals surface area (Å²) in [7, 11) is 0. The maximum atomic E-state index is 12.4. The Balaban J connectivity index is 1.64. The Kier molecular flexibility index (Phi) is 7.79. The van der Waals surface area contributed by atoms with Gasteiger partial charge in [-0.3, -0.25) is 9.59 Å². The Hall–Kier alpha value is -1.48. The maximum Gasteiger partial charge on any atom is 0.471 e. The fourth-order valence-corrected chi connectivity index (χ4v) is 3.44. The highest BCUT2D eigenvalue weighted by Gasteiger charge is 2.43. The molecule has 0 bridgehead atoms. The summed E-state index contributed by atoms with van der Waals surface area (Å²) in [4.78, 5) is 23.9. The van der Waals surface area contributed by atoms with Gasteiger partial charge in [-0.25, -0.2) is 0 Å². The van der Waals surface area contributed by atoms with Crippen LogP contribution in [0.4, 0.5) is 13.2 Å². The highest BCUT2D eigenvalue weighted by molar-refractivity contribution is 9.10. The third-order valence-corrected chi connectivity index (χ3v) is 4.88. The van der Waals surface area contributed by atoms with E-state index in [4.69, 9.17) is 16.3 Å². The number of hydrogen-bond acceptors (Lipinski definition) is 3.